The number of pyridine rings is 1. The van der Waals surface area contributed by atoms with E-state index in [9.17, 15) is 27.6 Å². The third kappa shape index (κ3) is 9.17. The quantitative estimate of drug-likeness (QED) is 0.235. The first-order valence-electron chi connectivity index (χ1n) is 21.5. The SMILES string of the molecule is C=C[C@@H]1CC1(NC(=O)[C@@H]1C[C@@H]2CN1C(=O)[C@H](C1CCCC1)NC(=O)OCC(C)(C)CCCc1cc3c(cc(OCc4ncn(C)n4)nc3cc1OC)O2)C(=O)NS(=O)(=O)C1CC1. The lowest BCUT2D eigenvalue weighted by Gasteiger charge is -2.32. The Hall–Kier alpha value is -5.46. The lowest BCUT2D eigenvalue weighted by atomic mass is 9.87. The van der Waals surface area contributed by atoms with E-state index in [1.54, 1.807) is 31.2 Å². The molecule has 4 amide bonds. The normalized spacial score (nSPS) is 26.7. The average Bonchev–Trinajstić information content (AvgIpc) is 4.03. The summed E-state index contributed by atoms with van der Waals surface area (Å²) in [6, 6.07) is 3.30. The van der Waals surface area contributed by atoms with Crippen molar-refractivity contribution in [2.45, 2.75) is 120 Å². The monoisotopic (exact) mass is 876 g/mol. The third-order valence-corrected chi connectivity index (χ3v) is 14.7. The molecule has 1 saturated heterocycles. The molecule has 3 saturated carbocycles. The number of methoxy groups -OCH3 is 1. The number of benzene rings is 1. The van der Waals surface area contributed by atoms with E-state index in [-0.39, 0.29) is 44.4 Å². The van der Waals surface area contributed by atoms with Crippen molar-refractivity contribution in [1.82, 2.24) is 40.0 Å². The highest BCUT2D eigenvalue weighted by molar-refractivity contribution is 7.91. The summed E-state index contributed by atoms with van der Waals surface area (Å²) in [5, 5.41) is 10.0. The fourth-order valence-corrected chi connectivity index (χ4v) is 10.4. The van der Waals surface area contributed by atoms with Crippen molar-refractivity contribution in [3.8, 4) is 17.4 Å². The van der Waals surface area contributed by atoms with Gasteiger partial charge in [-0.25, -0.2) is 23.2 Å². The first kappa shape index (κ1) is 43.2. The van der Waals surface area contributed by atoms with Crippen LogP contribution in [0.4, 0.5) is 4.79 Å². The topological polar surface area (TPSA) is 222 Å². The summed E-state index contributed by atoms with van der Waals surface area (Å²) in [7, 11) is -0.580. The van der Waals surface area contributed by atoms with E-state index >= 15 is 0 Å². The van der Waals surface area contributed by atoms with Crippen molar-refractivity contribution in [3.63, 3.8) is 0 Å². The molecule has 18 nitrogen and oxygen atoms in total. The molecule has 19 heteroatoms. The number of aromatic nitrogens is 4. The van der Waals surface area contributed by atoms with E-state index in [4.69, 9.17) is 23.9 Å². The van der Waals surface area contributed by atoms with Crippen LogP contribution in [0.2, 0.25) is 0 Å². The lowest BCUT2D eigenvalue weighted by Crippen LogP contribution is -2.59. The van der Waals surface area contributed by atoms with Gasteiger partial charge in [0.15, 0.2) is 12.4 Å². The van der Waals surface area contributed by atoms with Crippen LogP contribution in [0.5, 0.6) is 17.4 Å². The Morgan fingerprint density at radius 2 is 1.89 bits per heavy atom. The summed E-state index contributed by atoms with van der Waals surface area (Å²) in [4.78, 5) is 67.3. The molecule has 1 aromatic carbocycles. The minimum atomic E-state index is -3.93. The van der Waals surface area contributed by atoms with E-state index in [0.29, 0.717) is 66.8 Å². The molecule has 0 spiro atoms. The molecule has 5 atom stereocenters. The minimum absolute atomic E-state index is 0.00526. The van der Waals surface area contributed by atoms with Gasteiger partial charge >= 0.3 is 6.09 Å². The number of nitrogens with zero attached hydrogens (tertiary/aromatic N) is 5. The van der Waals surface area contributed by atoms with Crippen LogP contribution in [0.1, 0.15) is 89.4 Å². The smallest absolute Gasteiger partial charge is 0.407 e. The zero-order valence-electron chi connectivity index (χ0n) is 35.7. The number of carbonyl (C=O) groups excluding carboxylic acids is 4. The Morgan fingerprint density at radius 1 is 1.11 bits per heavy atom. The number of sulfonamides is 1. The molecule has 4 fully saturated rings. The standard InChI is InChI=1S/C43H56N8O10S/c1-6-27-20-43(27,40(54)49-62(56,57)29-13-14-29)47-38(52)32-17-28-21-51(32)39(53)37(25-10-7-8-11-25)46-41(55)60-23-42(2,3)15-9-12-26-16-30-31(18-33(26)58-5)45-36(19-34(30)61-28)59-22-35-44-24-50(4)48-35/h6,16,18-19,24-25,27-29,32,37H,1,7-15,17,20-23H2,2-5H3,(H,46,55)(H,47,52)(H,49,54)/t27-,28-,32+,37+,43?/m1/s1. The maximum absolute atomic E-state index is 14.9. The van der Waals surface area contributed by atoms with Gasteiger partial charge in [0, 0.05) is 36.9 Å². The molecule has 3 N–H and O–H groups in total. The number of rotatable bonds is 11. The Bertz CT molecular complexity index is 2360. The van der Waals surface area contributed by atoms with Crippen LogP contribution in [-0.4, -0.2) is 106 Å². The first-order chi connectivity index (χ1) is 29.6. The molecule has 4 heterocycles. The van der Waals surface area contributed by atoms with Crippen molar-refractivity contribution in [2.75, 3.05) is 20.3 Å². The van der Waals surface area contributed by atoms with Crippen molar-refractivity contribution in [1.29, 1.82) is 0 Å². The number of fused-ring (bicyclic) bond motifs is 3. The zero-order valence-corrected chi connectivity index (χ0v) is 36.5. The molecule has 3 aromatic rings. The lowest BCUT2D eigenvalue weighted by molar-refractivity contribution is -0.142. The number of nitrogens with one attached hydrogen (secondary N) is 3. The van der Waals surface area contributed by atoms with Crippen molar-refractivity contribution in [3.05, 3.63) is 48.6 Å². The Balaban J connectivity index is 1.16. The molecule has 2 aliphatic heterocycles. The van der Waals surface area contributed by atoms with E-state index < -0.39 is 74.1 Å². The highest BCUT2D eigenvalue weighted by Gasteiger charge is 2.62. The van der Waals surface area contributed by atoms with Gasteiger partial charge in [-0.15, -0.1) is 6.58 Å². The van der Waals surface area contributed by atoms with E-state index in [0.717, 1.165) is 24.8 Å². The molecule has 0 radical (unpaired) electrons. The van der Waals surface area contributed by atoms with Crippen molar-refractivity contribution in [2.24, 2.45) is 24.3 Å². The number of hydrogen-bond donors (Lipinski definition) is 3. The summed E-state index contributed by atoms with van der Waals surface area (Å²) in [5.41, 5.74) is -0.548. The molecule has 62 heavy (non-hydrogen) atoms. The first-order valence-corrected chi connectivity index (χ1v) is 23.0. The summed E-state index contributed by atoms with van der Waals surface area (Å²) in [6.45, 7) is 7.95. The maximum atomic E-state index is 14.9. The Morgan fingerprint density at radius 3 is 2.56 bits per heavy atom. The van der Waals surface area contributed by atoms with Gasteiger partial charge in [-0.05, 0) is 74.3 Å². The fraction of sp³-hybridized carbons (Fsp3) is 0.605. The molecular weight excluding hydrogens is 821 g/mol. The van der Waals surface area contributed by atoms with Crippen LogP contribution in [-0.2, 0) is 49.2 Å². The molecule has 3 aliphatic carbocycles. The van der Waals surface area contributed by atoms with Crippen LogP contribution in [0.15, 0.2) is 37.2 Å². The van der Waals surface area contributed by atoms with E-state index in [1.165, 1.54) is 11.0 Å². The van der Waals surface area contributed by atoms with Crippen molar-refractivity contribution >= 4 is 44.7 Å². The maximum Gasteiger partial charge on any atom is 0.407 e. The molecule has 2 aromatic heterocycles. The largest absolute Gasteiger partial charge is 0.496 e. The highest BCUT2D eigenvalue weighted by Crippen LogP contribution is 2.46. The number of alkyl carbamates (subject to hydrolysis) is 1. The van der Waals surface area contributed by atoms with Crippen LogP contribution >= 0.6 is 0 Å². The second-order valence-corrected chi connectivity index (χ2v) is 20.1. The average molecular weight is 877 g/mol. The summed E-state index contributed by atoms with van der Waals surface area (Å²) < 4.78 is 54.0. The van der Waals surface area contributed by atoms with Crippen LogP contribution in [0.25, 0.3) is 10.9 Å². The van der Waals surface area contributed by atoms with Gasteiger partial charge in [0.2, 0.25) is 27.7 Å². The molecule has 4 bridgehead atoms. The van der Waals surface area contributed by atoms with Gasteiger partial charge < -0.3 is 34.5 Å². The second-order valence-electron chi connectivity index (χ2n) is 18.2. The van der Waals surface area contributed by atoms with E-state index in [2.05, 4.69) is 32.0 Å². The molecular formula is C43H56N8O10S. The third-order valence-electron chi connectivity index (χ3n) is 12.8. The van der Waals surface area contributed by atoms with Crippen LogP contribution in [0.3, 0.4) is 0 Å². The minimum Gasteiger partial charge on any atom is -0.496 e. The number of hydrogen-bond acceptors (Lipinski definition) is 13. The summed E-state index contributed by atoms with van der Waals surface area (Å²) in [6.07, 6.45) is 7.87. The highest BCUT2D eigenvalue weighted by atomic mass is 32.2. The predicted octanol–water partition coefficient (Wildman–Crippen LogP) is 3.62. The number of aryl methyl sites for hydroxylation is 2. The summed E-state index contributed by atoms with van der Waals surface area (Å²) >= 11 is 0. The number of cyclic esters (lactones) is 1. The van der Waals surface area contributed by atoms with Gasteiger partial charge in [0.1, 0.15) is 41.6 Å². The Labute approximate surface area is 360 Å². The predicted molar refractivity (Wildman–Crippen MR) is 224 cm³/mol. The molecule has 8 rings (SSSR count). The van der Waals surface area contributed by atoms with Gasteiger partial charge in [-0.1, -0.05) is 32.8 Å². The van der Waals surface area contributed by atoms with Gasteiger partial charge in [-0.2, -0.15) is 5.10 Å². The number of ether oxygens (including phenoxy) is 4. The van der Waals surface area contributed by atoms with Crippen LogP contribution < -0.4 is 29.6 Å². The number of amides is 4. The molecule has 334 valence electrons. The number of carbonyl (C=O) groups is 4. The van der Waals surface area contributed by atoms with Gasteiger partial charge in [-0.3, -0.25) is 23.8 Å². The molecule has 5 aliphatic rings. The fourth-order valence-electron chi connectivity index (χ4n) is 9.07. The second kappa shape index (κ2) is 17.0. The van der Waals surface area contributed by atoms with Gasteiger partial charge in [0.05, 0.1) is 31.0 Å². The molecule has 1 unspecified atom stereocenters. The zero-order chi connectivity index (χ0) is 44.0. The van der Waals surface area contributed by atoms with Crippen molar-refractivity contribution < 1.29 is 46.5 Å². The Kier molecular flexibility index (Phi) is 11.9. The van der Waals surface area contributed by atoms with Crippen LogP contribution in [0, 0.1) is 17.3 Å². The van der Waals surface area contributed by atoms with E-state index in [1.807, 2.05) is 26.0 Å². The summed E-state index contributed by atoms with van der Waals surface area (Å²) in [5.74, 6) is -1.05. The van der Waals surface area contributed by atoms with Gasteiger partial charge in [0.25, 0.3) is 5.91 Å².